The van der Waals surface area contributed by atoms with Crippen LogP contribution in [0.5, 0.6) is 0 Å². The minimum absolute atomic E-state index is 0.142. The summed E-state index contributed by atoms with van der Waals surface area (Å²) >= 11 is 7.47. The number of aliphatic imine (C=N–C) groups is 1. The van der Waals surface area contributed by atoms with Gasteiger partial charge in [-0.15, -0.1) is 0 Å². The van der Waals surface area contributed by atoms with Crippen LogP contribution in [0.2, 0.25) is 5.02 Å². The van der Waals surface area contributed by atoms with Crippen molar-refractivity contribution in [3.05, 3.63) is 53.1 Å². The fourth-order valence-corrected chi connectivity index (χ4v) is 4.10. The zero-order valence-electron chi connectivity index (χ0n) is 13.8. The number of halogens is 2. The van der Waals surface area contributed by atoms with Crippen molar-refractivity contribution in [2.24, 2.45) is 4.99 Å². The van der Waals surface area contributed by atoms with Crippen molar-refractivity contribution in [2.75, 3.05) is 6.54 Å². The molecule has 1 atom stereocenters. The van der Waals surface area contributed by atoms with Crippen LogP contribution in [0.4, 0.5) is 4.39 Å². The van der Waals surface area contributed by atoms with Gasteiger partial charge in [0.25, 0.3) is 0 Å². The van der Waals surface area contributed by atoms with Crippen molar-refractivity contribution >= 4 is 34.4 Å². The van der Waals surface area contributed by atoms with Gasteiger partial charge in [-0.3, -0.25) is 9.79 Å². The molecule has 0 spiro atoms. The lowest BCUT2D eigenvalue weighted by atomic mass is 9.93. The number of pyridine rings is 1. The zero-order chi connectivity index (χ0) is 18.0. The van der Waals surface area contributed by atoms with Gasteiger partial charge in [0, 0.05) is 30.0 Å². The topological polar surface area (TPSA) is 54.4 Å². The summed E-state index contributed by atoms with van der Waals surface area (Å²) in [4.78, 5) is 19.3. The van der Waals surface area contributed by atoms with Crippen molar-refractivity contribution in [3.8, 4) is 11.1 Å². The van der Waals surface area contributed by atoms with Crippen LogP contribution >= 0.6 is 23.4 Å². The minimum atomic E-state index is -0.552. The van der Waals surface area contributed by atoms with Crippen LogP contribution in [0, 0.1) is 5.95 Å². The van der Waals surface area contributed by atoms with E-state index in [1.165, 1.54) is 24.9 Å². The molecule has 1 aliphatic heterocycles. The van der Waals surface area contributed by atoms with E-state index in [0.29, 0.717) is 22.3 Å². The number of nitrogens with one attached hydrogen (secondary N) is 1. The molecule has 2 heterocycles. The molecule has 130 valence electrons. The molecular formula is C18H17ClFN3OS. The molecule has 2 aromatic rings. The monoisotopic (exact) mass is 377 g/mol. The second kappa shape index (κ2) is 7.14. The number of rotatable bonds is 2. The summed E-state index contributed by atoms with van der Waals surface area (Å²) in [7, 11) is 0. The van der Waals surface area contributed by atoms with E-state index in [9.17, 15) is 9.18 Å². The van der Waals surface area contributed by atoms with Crippen LogP contribution in [0.3, 0.4) is 0 Å². The molecular weight excluding hydrogens is 361 g/mol. The van der Waals surface area contributed by atoms with Crippen molar-refractivity contribution in [1.29, 1.82) is 0 Å². The van der Waals surface area contributed by atoms with E-state index in [4.69, 9.17) is 11.6 Å². The Morgan fingerprint density at radius 3 is 2.96 bits per heavy atom. The molecule has 1 aromatic heterocycles. The van der Waals surface area contributed by atoms with Crippen LogP contribution in [-0.4, -0.2) is 22.6 Å². The van der Waals surface area contributed by atoms with Crippen LogP contribution in [0.1, 0.15) is 25.8 Å². The number of hydrogen-bond acceptors (Lipinski definition) is 4. The summed E-state index contributed by atoms with van der Waals surface area (Å²) < 4.78 is 13.8. The Kier molecular flexibility index (Phi) is 5.11. The lowest BCUT2D eigenvalue weighted by Crippen LogP contribution is -2.34. The highest BCUT2D eigenvalue weighted by molar-refractivity contribution is 8.14. The molecule has 0 unspecified atom stereocenters. The number of carbonyl (C=O) groups excluding carboxylic acids is 1. The van der Waals surface area contributed by atoms with Crippen LogP contribution < -0.4 is 5.32 Å². The van der Waals surface area contributed by atoms with E-state index < -0.39 is 5.95 Å². The zero-order valence-corrected chi connectivity index (χ0v) is 15.4. The van der Waals surface area contributed by atoms with E-state index in [2.05, 4.69) is 22.2 Å². The molecule has 3 rings (SSSR count). The van der Waals surface area contributed by atoms with E-state index in [-0.39, 0.29) is 10.7 Å². The maximum absolute atomic E-state index is 14.1. The standard InChI is InChI=1S/C18H17ClFN3OS/c1-11(24)23-17-21-7-6-18(2,25-17)13-5-3-4-12(8-13)15-9-14(19)10-22-16(15)20/h3-5,8-10H,6-7H2,1-2H3,(H,21,23,24)/t18-/m0/s1. The molecule has 1 amide bonds. The average Bonchev–Trinajstić information content (AvgIpc) is 2.57. The molecule has 0 saturated carbocycles. The normalized spacial score (nSPS) is 20.1. The summed E-state index contributed by atoms with van der Waals surface area (Å²) in [6.07, 6.45) is 2.11. The SMILES string of the molecule is CC(=O)NC1=NCC[C@@](C)(c2cccc(-c3cc(Cl)cnc3F)c2)S1. The van der Waals surface area contributed by atoms with Crippen molar-refractivity contribution < 1.29 is 9.18 Å². The van der Waals surface area contributed by atoms with Gasteiger partial charge in [0.2, 0.25) is 11.9 Å². The Morgan fingerprint density at radius 2 is 2.20 bits per heavy atom. The summed E-state index contributed by atoms with van der Waals surface area (Å²) in [5, 5.41) is 3.76. The van der Waals surface area contributed by atoms with E-state index in [0.717, 1.165) is 17.5 Å². The lowest BCUT2D eigenvalue weighted by Gasteiger charge is -2.33. The minimum Gasteiger partial charge on any atom is -0.306 e. The molecule has 0 fully saturated rings. The Labute approximate surface area is 154 Å². The molecule has 1 aromatic carbocycles. The van der Waals surface area contributed by atoms with Gasteiger partial charge in [0.05, 0.1) is 5.02 Å². The number of hydrogen-bond donors (Lipinski definition) is 1. The fraction of sp³-hybridized carbons (Fsp3) is 0.278. The first-order valence-electron chi connectivity index (χ1n) is 7.80. The van der Waals surface area contributed by atoms with Crippen molar-refractivity contribution in [3.63, 3.8) is 0 Å². The van der Waals surface area contributed by atoms with Gasteiger partial charge in [-0.1, -0.05) is 41.6 Å². The average molecular weight is 378 g/mol. The van der Waals surface area contributed by atoms with E-state index in [1.54, 1.807) is 6.07 Å². The molecule has 4 nitrogen and oxygen atoms in total. The Bertz CT molecular complexity index is 858. The number of amides is 1. The van der Waals surface area contributed by atoms with E-state index in [1.807, 2.05) is 24.3 Å². The molecule has 0 aliphatic carbocycles. The summed E-state index contributed by atoms with van der Waals surface area (Å²) in [5.41, 5.74) is 2.12. The third-order valence-corrected chi connectivity index (χ3v) is 5.56. The predicted octanol–water partition coefficient (Wildman–Crippen LogP) is 4.39. The van der Waals surface area contributed by atoms with Crippen LogP contribution in [-0.2, 0) is 9.54 Å². The number of aromatic nitrogens is 1. The number of benzene rings is 1. The summed E-state index contributed by atoms with van der Waals surface area (Å²) in [6, 6.07) is 9.24. The molecule has 25 heavy (non-hydrogen) atoms. The largest absolute Gasteiger partial charge is 0.306 e. The maximum atomic E-state index is 14.1. The van der Waals surface area contributed by atoms with Gasteiger partial charge in [-0.05, 0) is 36.6 Å². The molecule has 7 heteroatoms. The quantitative estimate of drug-likeness (QED) is 0.790. The van der Waals surface area contributed by atoms with Gasteiger partial charge in [0.1, 0.15) is 0 Å². The predicted molar refractivity (Wildman–Crippen MR) is 100 cm³/mol. The summed E-state index contributed by atoms with van der Waals surface area (Å²) in [6.45, 7) is 4.18. The fourth-order valence-electron chi connectivity index (χ4n) is 2.73. The van der Waals surface area contributed by atoms with Crippen LogP contribution in [0.15, 0.2) is 41.5 Å². The number of carbonyl (C=O) groups is 1. The number of amidine groups is 1. The van der Waals surface area contributed by atoms with Gasteiger partial charge >= 0.3 is 0 Å². The Hall–Kier alpha value is -1.92. The Morgan fingerprint density at radius 1 is 1.40 bits per heavy atom. The van der Waals surface area contributed by atoms with Crippen molar-refractivity contribution in [2.45, 2.75) is 25.0 Å². The van der Waals surface area contributed by atoms with Crippen LogP contribution in [0.25, 0.3) is 11.1 Å². The molecule has 1 aliphatic rings. The smallest absolute Gasteiger partial charge is 0.222 e. The highest BCUT2D eigenvalue weighted by Gasteiger charge is 2.32. The van der Waals surface area contributed by atoms with E-state index >= 15 is 0 Å². The maximum Gasteiger partial charge on any atom is 0.222 e. The third kappa shape index (κ3) is 4.02. The first-order chi connectivity index (χ1) is 11.9. The molecule has 1 N–H and O–H groups in total. The van der Waals surface area contributed by atoms with Gasteiger partial charge in [0.15, 0.2) is 5.17 Å². The molecule has 0 saturated heterocycles. The lowest BCUT2D eigenvalue weighted by molar-refractivity contribution is -0.117. The van der Waals surface area contributed by atoms with Gasteiger partial charge in [-0.25, -0.2) is 4.98 Å². The van der Waals surface area contributed by atoms with Gasteiger partial charge in [-0.2, -0.15) is 4.39 Å². The van der Waals surface area contributed by atoms with Gasteiger partial charge < -0.3 is 5.32 Å². The second-order valence-corrected chi connectivity index (χ2v) is 7.95. The highest BCUT2D eigenvalue weighted by atomic mass is 35.5. The van der Waals surface area contributed by atoms with Crippen molar-refractivity contribution in [1.82, 2.24) is 10.3 Å². The molecule has 0 bridgehead atoms. The number of nitrogens with zero attached hydrogens (tertiary/aromatic N) is 2. The third-order valence-electron chi connectivity index (χ3n) is 4.04. The Balaban J connectivity index is 1.95. The first kappa shape index (κ1) is 17.9. The summed E-state index contributed by atoms with van der Waals surface area (Å²) in [5.74, 6) is -0.695. The highest BCUT2D eigenvalue weighted by Crippen LogP contribution is 2.43. The molecule has 0 radical (unpaired) electrons. The second-order valence-electron chi connectivity index (χ2n) is 6.02. The number of thioether (sulfide) groups is 1. The first-order valence-corrected chi connectivity index (χ1v) is 9.00.